The van der Waals surface area contributed by atoms with Crippen molar-refractivity contribution < 1.29 is 14.3 Å². The number of methoxy groups -OCH3 is 1. The van der Waals surface area contributed by atoms with Gasteiger partial charge in [0.1, 0.15) is 5.75 Å². The van der Waals surface area contributed by atoms with Gasteiger partial charge in [0.15, 0.2) is 11.0 Å². The van der Waals surface area contributed by atoms with Crippen molar-refractivity contribution in [2.24, 2.45) is 0 Å². The number of aromatic nitrogens is 4. The highest BCUT2D eigenvalue weighted by molar-refractivity contribution is 7.99. The van der Waals surface area contributed by atoms with Crippen LogP contribution in [0, 0.1) is 0 Å². The third-order valence-electron chi connectivity index (χ3n) is 4.59. The van der Waals surface area contributed by atoms with E-state index in [-0.39, 0.29) is 11.7 Å². The lowest BCUT2D eigenvalue weighted by Crippen LogP contribution is -2.41. The maximum Gasteiger partial charge on any atom is 0.233 e. The molecule has 0 N–H and O–H groups in total. The summed E-state index contributed by atoms with van der Waals surface area (Å²) in [6.07, 6.45) is 3.43. The Morgan fingerprint density at radius 2 is 1.90 bits per heavy atom. The minimum atomic E-state index is 0.0679. The molecular formula is C20H21N5O3S. The molecule has 9 heteroatoms. The van der Waals surface area contributed by atoms with E-state index in [0.29, 0.717) is 43.0 Å². The van der Waals surface area contributed by atoms with E-state index in [2.05, 4.69) is 15.2 Å². The van der Waals surface area contributed by atoms with Crippen LogP contribution in [0.25, 0.3) is 17.1 Å². The number of para-hydroxylation sites is 2. The summed E-state index contributed by atoms with van der Waals surface area (Å²) in [4.78, 5) is 18.5. The highest BCUT2D eigenvalue weighted by atomic mass is 32.2. The molecule has 3 aromatic rings. The number of hydrogen-bond acceptors (Lipinski definition) is 7. The predicted molar refractivity (Wildman–Crippen MR) is 109 cm³/mol. The zero-order chi connectivity index (χ0) is 20.1. The first-order valence-corrected chi connectivity index (χ1v) is 10.2. The van der Waals surface area contributed by atoms with Crippen LogP contribution in [0.15, 0.2) is 53.9 Å². The summed E-state index contributed by atoms with van der Waals surface area (Å²) >= 11 is 1.36. The van der Waals surface area contributed by atoms with Crippen LogP contribution >= 0.6 is 11.8 Å². The molecule has 0 bridgehead atoms. The van der Waals surface area contributed by atoms with Crippen LogP contribution in [0.2, 0.25) is 0 Å². The first kappa shape index (κ1) is 19.4. The topological polar surface area (TPSA) is 82.4 Å². The van der Waals surface area contributed by atoms with Crippen molar-refractivity contribution in [3.05, 3.63) is 48.8 Å². The summed E-state index contributed by atoms with van der Waals surface area (Å²) in [6.45, 7) is 2.42. The second-order valence-corrected chi connectivity index (χ2v) is 7.27. The maximum atomic E-state index is 12.6. The van der Waals surface area contributed by atoms with E-state index < -0.39 is 0 Å². The van der Waals surface area contributed by atoms with E-state index in [4.69, 9.17) is 9.47 Å². The monoisotopic (exact) mass is 411 g/mol. The molecule has 1 saturated heterocycles. The summed E-state index contributed by atoms with van der Waals surface area (Å²) in [5.74, 6) is 1.71. The Labute approximate surface area is 172 Å². The number of amides is 1. The predicted octanol–water partition coefficient (Wildman–Crippen LogP) is 2.29. The fourth-order valence-electron chi connectivity index (χ4n) is 3.11. The number of benzene rings is 1. The average Bonchev–Trinajstić information content (AvgIpc) is 3.22. The van der Waals surface area contributed by atoms with Crippen molar-refractivity contribution >= 4 is 17.7 Å². The van der Waals surface area contributed by atoms with Gasteiger partial charge in [-0.2, -0.15) is 0 Å². The molecule has 0 atom stereocenters. The molecule has 29 heavy (non-hydrogen) atoms. The molecule has 8 nitrogen and oxygen atoms in total. The molecule has 150 valence electrons. The zero-order valence-corrected chi connectivity index (χ0v) is 16.8. The number of nitrogens with zero attached hydrogens (tertiary/aromatic N) is 5. The smallest absolute Gasteiger partial charge is 0.233 e. The SMILES string of the molecule is COc1ccccc1-n1c(SCC(=O)N2CCOCC2)nnc1-c1ccncc1. The Kier molecular flexibility index (Phi) is 6.06. The molecule has 1 aromatic carbocycles. The minimum absolute atomic E-state index is 0.0679. The van der Waals surface area contributed by atoms with Crippen molar-refractivity contribution in [3.63, 3.8) is 0 Å². The quantitative estimate of drug-likeness (QED) is 0.576. The van der Waals surface area contributed by atoms with Gasteiger partial charge >= 0.3 is 0 Å². The van der Waals surface area contributed by atoms with Gasteiger partial charge in [0.25, 0.3) is 0 Å². The van der Waals surface area contributed by atoms with Gasteiger partial charge in [-0.25, -0.2) is 0 Å². The third kappa shape index (κ3) is 4.25. The highest BCUT2D eigenvalue weighted by Gasteiger charge is 2.22. The van der Waals surface area contributed by atoms with Crippen LogP contribution in [0.4, 0.5) is 0 Å². The standard InChI is InChI=1S/C20H21N5O3S/c1-27-17-5-3-2-4-16(17)25-19(15-6-8-21-9-7-15)22-23-20(25)29-14-18(26)24-10-12-28-13-11-24/h2-9H,10-14H2,1H3. The fourth-order valence-corrected chi connectivity index (χ4v) is 3.96. The Bertz CT molecular complexity index is 973. The van der Waals surface area contributed by atoms with Crippen molar-refractivity contribution in [1.29, 1.82) is 0 Å². The normalized spacial score (nSPS) is 14.0. The number of hydrogen-bond donors (Lipinski definition) is 0. The van der Waals surface area contributed by atoms with Gasteiger partial charge in [0.2, 0.25) is 5.91 Å². The molecule has 1 fully saturated rings. The maximum absolute atomic E-state index is 12.6. The highest BCUT2D eigenvalue weighted by Crippen LogP contribution is 2.32. The molecule has 0 spiro atoms. The molecule has 0 radical (unpaired) electrons. The molecule has 1 aliphatic rings. The van der Waals surface area contributed by atoms with Crippen LogP contribution in [-0.2, 0) is 9.53 Å². The van der Waals surface area contributed by atoms with E-state index in [1.165, 1.54) is 11.8 Å². The summed E-state index contributed by atoms with van der Waals surface area (Å²) in [5.41, 5.74) is 1.69. The molecule has 4 rings (SSSR count). The summed E-state index contributed by atoms with van der Waals surface area (Å²) in [7, 11) is 1.63. The van der Waals surface area contributed by atoms with E-state index in [0.717, 1.165) is 11.3 Å². The Hall–Kier alpha value is -2.91. The number of ether oxygens (including phenoxy) is 2. The Morgan fingerprint density at radius 1 is 1.14 bits per heavy atom. The number of morpholine rings is 1. The van der Waals surface area contributed by atoms with E-state index in [1.807, 2.05) is 45.9 Å². The van der Waals surface area contributed by atoms with Crippen LogP contribution in [-0.4, -0.2) is 69.7 Å². The van der Waals surface area contributed by atoms with Crippen molar-refractivity contribution in [2.45, 2.75) is 5.16 Å². The van der Waals surface area contributed by atoms with Gasteiger partial charge in [-0.1, -0.05) is 23.9 Å². The lowest BCUT2D eigenvalue weighted by Gasteiger charge is -2.26. The van der Waals surface area contributed by atoms with E-state index in [9.17, 15) is 4.79 Å². The van der Waals surface area contributed by atoms with Crippen LogP contribution in [0.5, 0.6) is 5.75 Å². The van der Waals surface area contributed by atoms with Gasteiger partial charge in [-0.05, 0) is 24.3 Å². The lowest BCUT2D eigenvalue weighted by molar-refractivity contribution is -0.132. The largest absolute Gasteiger partial charge is 0.495 e. The molecular weight excluding hydrogens is 390 g/mol. The van der Waals surface area contributed by atoms with Crippen molar-refractivity contribution in [3.8, 4) is 22.8 Å². The number of carbonyl (C=O) groups excluding carboxylic acids is 1. The van der Waals surface area contributed by atoms with Gasteiger partial charge in [-0.3, -0.25) is 14.3 Å². The molecule has 0 aliphatic carbocycles. The zero-order valence-electron chi connectivity index (χ0n) is 16.0. The minimum Gasteiger partial charge on any atom is -0.495 e. The van der Waals surface area contributed by atoms with Gasteiger partial charge < -0.3 is 14.4 Å². The number of thioether (sulfide) groups is 1. The Morgan fingerprint density at radius 3 is 2.66 bits per heavy atom. The van der Waals surface area contributed by atoms with Crippen LogP contribution in [0.1, 0.15) is 0 Å². The van der Waals surface area contributed by atoms with Gasteiger partial charge in [-0.15, -0.1) is 10.2 Å². The van der Waals surface area contributed by atoms with E-state index >= 15 is 0 Å². The third-order valence-corrected chi connectivity index (χ3v) is 5.50. The number of carbonyl (C=O) groups is 1. The molecule has 0 unspecified atom stereocenters. The van der Waals surface area contributed by atoms with Crippen molar-refractivity contribution in [2.75, 3.05) is 39.2 Å². The van der Waals surface area contributed by atoms with Gasteiger partial charge in [0, 0.05) is 31.0 Å². The summed E-state index contributed by atoms with van der Waals surface area (Å²) in [5, 5.41) is 9.39. The Balaban J connectivity index is 1.67. The first-order valence-electron chi connectivity index (χ1n) is 9.25. The molecule has 3 heterocycles. The first-order chi connectivity index (χ1) is 14.3. The average molecular weight is 411 g/mol. The van der Waals surface area contributed by atoms with Crippen LogP contribution in [0.3, 0.4) is 0 Å². The second-order valence-electron chi connectivity index (χ2n) is 6.33. The molecule has 1 amide bonds. The van der Waals surface area contributed by atoms with E-state index in [1.54, 1.807) is 19.5 Å². The fraction of sp³-hybridized carbons (Fsp3) is 0.300. The van der Waals surface area contributed by atoms with Gasteiger partial charge in [0.05, 0.1) is 31.8 Å². The second kappa shape index (κ2) is 9.06. The molecule has 1 aliphatic heterocycles. The number of pyridine rings is 1. The molecule has 0 saturated carbocycles. The summed E-state index contributed by atoms with van der Waals surface area (Å²) < 4.78 is 12.8. The molecule has 2 aromatic heterocycles. The summed E-state index contributed by atoms with van der Waals surface area (Å²) in [6, 6.07) is 11.4. The number of rotatable bonds is 6. The lowest BCUT2D eigenvalue weighted by atomic mass is 10.2. The van der Waals surface area contributed by atoms with Crippen LogP contribution < -0.4 is 4.74 Å². The van der Waals surface area contributed by atoms with Crippen molar-refractivity contribution in [1.82, 2.24) is 24.6 Å².